The van der Waals surface area contributed by atoms with Crippen molar-refractivity contribution in [3.63, 3.8) is 0 Å². The summed E-state index contributed by atoms with van der Waals surface area (Å²) in [7, 11) is 1.67. The molecule has 0 aliphatic carbocycles. The fourth-order valence-corrected chi connectivity index (χ4v) is 2.92. The van der Waals surface area contributed by atoms with Gasteiger partial charge in [-0.3, -0.25) is 4.79 Å². The maximum absolute atomic E-state index is 12.6. The normalized spacial score (nSPS) is 15.3. The topological polar surface area (TPSA) is 40.0 Å². The van der Waals surface area contributed by atoms with E-state index >= 15 is 0 Å². The fraction of sp³-hybridized carbons (Fsp3) is 0.316. The number of morpholine rings is 1. The van der Waals surface area contributed by atoms with Crippen LogP contribution in [-0.4, -0.2) is 39.2 Å². The standard InChI is InChI=1S/C19H21NO3/c1-22-18-8-7-16(19(21)15-5-3-2-4-6-15)13-17(18)14-20-9-11-23-12-10-20/h2-8,13H,9-12,14H2,1H3/p+1. The number of methoxy groups -OCH3 is 1. The number of quaternary nitrogens is 1. The number of hydrogen-bond donors (Lipinski definition) is 1. The van der Waals surface area contributed by atoms with E-state index in [9.17, 15) is 4.79 Å². The Morgan fingerprint density at radius 2 is 1.83 bits per heavy atom. The molecule has 0 unspecified atom stereocenters. The van der Waals surface area contributed by atoms with Gasteiger partial charge in [-0.15, -0.1) is 0 Å². The third-order valence-corrected chi connectivity index (χ3v) is 4.22. The van der Waals surface area contributed by atoms with Crippen molar-refractivity contribution in [3.05, 3.63) is 65.2 Å². The summed E-state index contributed by atoms with van der Waals surface area (Å²) >= 11 is 0. The Bertz CT molecular complexity index is 664. The molecular weight excluding hydrogens is 290 g/mol. The SMILES string of the molecule is COc1ccc(C(=O)c2ccccc2)cc1C[NH+]1CCOCC1. The van der Waals surface area contributed by atoms with Crippen LogP contribution in [0.2, 0.25) is 0 Å². The summed E-state index contributed by atoms with van der Waals surface area (Å²) in [5, 5.41) is 0. The molecule has 1 fully saturated rings. The van der Waals surface area contributed by atoms with Gasteiger partial charge in [0.2, 0.25) is 0 Å². The molecule has 0 atom stereocenters. The van der Waals surface area contributed by atoms with Crippen LogP contribution in [0, 0.1) is 0 Å². The predicted molar refractivity (Wildman–Crippen MR) is 88.1 cm³/mol. The maximum atomic E-state index is 12.6. The van der Waals surface area contributed by atoms with Gasteiger partial charge in [0.25, 0.3) is 0 Å². The van der Waals surface area contributed by atoms with E-state index in [4.69, 9.17) is 9.47 Å². The highest BCUT2D eigenvalue weighted by atomic mass is 16.5. The summed E-state index contributed by atoms with van der Waals surface area (Å²) in [6, 6.07) is 15.1. The lowest BCUT2D eigenvalue weighted by molar-refractivity contribution is -0.921. The van der Waals surface area contributed by atoms with Crippen molar-refractivity contribution in [2.45, 2.75) is 6.54 Å². The molecular formula is C19H22NO3+. The summed E-state index contributed by atoms with van der Waals surface area (Å²) in [6.07, 6.45) is 0. The molecule has 0 bridgehead atoms. The minimum absolute atomic E-state index is 0.0477. The zero-order valence-corrected chi connectivity index (χ0v) is 13.4. The van der Waals surface area contributed by atoms with E-state index in [0.29, 0.717) is 11.1 Å². The fourth-order valence-electron chi connectivity index (χ4n) is 2.92. The monoisotopic (exact) mass is 312 g/mol. The first kappa shape index (κ1) is 15.7. The van der Waals surface area contributed by atoms with Gasteiger partial charge in [-0.05, 0) is 18.2 Å². The summed E-state index contributed by atoms with van der Waals surface area (Å²) < 4.78 is 10.9. The second-order valence-corrected chi connectivity index (χ2v) is 5.76. The molecule has 120 valence electrons. The van der Waals surface area contributed by atoms with Crippen molar-refractivity contribution in [3.8, 4) is 5.75 Å². The summed E-state index contributed by atoms with van der Waals surface area (Å²) in [5.41, 5.74) is 2.49. The van der Waals surface area contributed by atoms with E-state index < -0.39 is 0 Å². The molecule has 1 aliphatic heterocycles. The van der Waals surface area contributed by atoms with Gasteiger partial charge in [0.15, 0.2) is 5.78 Å². The van der Waals surface area contributed by atoms with Gasteiger partial charge in [-0.25, -0.2) is 0 Å². The van der Waals surface area contributed by atoms with Gasteiger partial charge in [-0.1, -0.05) is 30.3 Å². The van der Waals surface area contributed by atoms with E-state index in [2.05, 4.69) is 0 Å². The number of ether oxygens (including phenoxy) is 2. The van der Waals surface area contributed by atoms with Crippen molar-refractivity contribution in [1.82, 2.24) is 0 Å². The van der Waals surface area contributed by atoms with Crippen LogP contribution in [0.4, 0.5) is 0 Å². The Labute approximate surface area is 136 Å². The zero-order valence-electron chi connectivity index (χ0n) is 13.4. The third-order valence-electron chi connectivity index (χ3n) is 4.22. The van der Waals surface area contributed by atoms with Crippen molar-refractivity contribution in [2.75, 3.05) is 33.4 Å². The third kappa shape index (κ3) is 3.78. The van der Waals surface area contributed by atoms with Gasteiger partial charge in [0.05, 0.1) is 20.3 Å². The lowest BCUT2D eigenvalue weighted by atomic mass is 10.0. The molecule has 0 saturated carbocycles. The molecule has 1 N–H and O–H groups in total. The number of ketones is 1. The second-order valence-electron chi connectivity index (χ2n) is 5.76. The van der Waals surface area contributed by atoms with Crippen LogP contribution in [0.1, 0.15) is 21.5 Å². The minimum Gasteiger partial charge on any atom is -0.496 e. The summed E-state index contributed by atoms with van der Waals surface area (Å²) in [4.78, 5) is 14.1. The van der Waals surface area contributed by atoms with Crippen molar-refractivity contribution < 1.29 is 19.2 Å². The quantitative estimate of drug-likeness (QED) is 0.847. The molecule has 1 aliphatic rings. The smallest absolute Gasteiger partial charge is 0.193 e. The van der Waals surface area contributed by atoms with Crippen LogP contribution in [0.5, 0.6) is 5.75 Å². The Kier molecular flexibility index (Phi) is 5.05. The molecule has 0 aromatic heterocycles. The van der Waals surface area contributed by atoms with Gasteiger partial charge < -0.3 is 14.4 Å². The van der Waals surface area contributed by atoms with E-state index in [1.54, 1.807) is 7.11 Å². The van der Waals surface area contributed by atoms with Crippen LogP contribution in [0.25, 0.3) is 0 Å². The Balaban J connectivity index is 1.84. The first-order chi connectivity index (χ1) is 11.3. The van der Waals surface area contributed by atoms with Crippen molar-refractivity contribution in [1.29, 1.82) is 0 Å². The van der Waals surface area contributed by atoms with Crippen LogP contribution in [0.3, 0.4) is 0 Å². The molecule has 4 heteroatoms. The molecule has 2 aromatic carbocycles. The Hall–Kier alpha value is -2.17. The van der Waals surface area contributed by atoms with Gasteiger partial charge in [-0.2, -0.15) is 0 Å². The van der Waals surface area contributed by atoms with E-state index in [0.717, 1.165) is 44.2 Å². The zero-order chi connectivity index (χ0) is 16.1. The van der Waals surface area contributed by atoms with E-state index in [-0.39, 0.29) is 5.78 Å². The lowest BCUT2D eigenvalue weighted by Gasteiger charge is -2.24. The number of nitrogens with one attached hydrogen (secondary N) is 1. The number of benzene rings is 2. The first-order valence-electron chi connectivity index (χ1n) is 7.96. The Morgan fingerprint density at radius 1 is 1.09 bits per heavy atom. The second kappa shape index (κ2) is 7.40. The van der Waals surface area contributed by atoms with Crippen molar-refractivity contribution in [2.24, 2.45) is 0 Å². The highest BCUT2D eigenvalue weighted by Gasteiger charge is 2.18. The number of hydrogen-bond acceptors (Lipinski definition) is 3. The first-order valence-corrected chi connectivity index (χ1v) is 7.96. The number of carbonyl (C=O) groups is 1. The molecule has 0 spiro atoms. The molecule has 4 nitrogen and oxygen atoms in total. The average molecular weight is 312 g/mol. The van der Waals surface area contributed by atoms with Gasteiger partial charge in [0, 0.05) is 16.7 Å². The average Bonchev–Trinajstić information content (AvgIpc) is 2.62. The highest BCUT2D eigenvalue weighted by Crippen LogP contribution is 2.21. The molecule has 23 heavy (non-hydrogen) atoms. The molecule has 1 heterocycles. The molecule has 0 amide bonds. The molecule has 2 aromatic rings. The lowest BCUT2D eigenvalue weighted by Crippen LogP contribution is -3.12. The van der Waals surface area contributed by atoms with Crippen molar-refractivity contribution >= 4 is 5.78 Å². The maximum Gasteiger partial charge on any atom is 0.193 e. The van der Waals surface area contributed by atoms with Gasteiger partial charge in [0.1, 0.15) is 25.4 Å². The minimum atomic E-state index is 0.0477. The van der Waals surface area contributed by atoms with Crippen LogP contribution >= 0.6 is 0 Å². The number of rotatable bonds is 5. The van der Waals surface area contributed by atoms with Crippen LogP contribution in [0.15, 0.2) is 48.5 Å². The highest BCUT2D eigenvalue weighted by molar-refractivity contribution is 6.09. The Morgan fingerprint density at radius 3 is 2.52 bits per heavy atom. The summed E-state index contributed by atoms with van der Waals surface area (Å²) in [6.45, 7) is 4.41. The van der Waals surface area contributed by atoms with Crippen LogP contribution in [-0.2, 0) is 11.3 Å². The van der Waals surface area contributed by atoms with Gasteiger partial charge >= 0.3 is 0 Å². The van der Waals surface area contributed by atoms with E-state index in [1.165, 1.54) is 4.90 Å². The van der Waals surface area contributed by atoms with Crippen LogP contribution < -0.4 is 9.64 Å². The largest absolute Gasteiger partial charge is 0.496 e. The van der Waals surface area contributed by atoms with E-state index in [1.807, 2.05) is 48.5 Å². The number of carbonyl (C=O) groups excluding carboxylic acids is 1. The molecule has 1 saturated heterocycles. The predicted octanol–water partition coefficient (Wildman–Crippen LogP) is 1.34. The molecule has 3 rings (SSSR count). The molecule has 0 radical (unpaired) electrons. The summed E-state index contributed by atoms with van der Waals surface area (Å²) in [5.74, 6) is 0.889.